The van der Waals surface area contributed by atoms with Gasteiger partial charge >= 0.3 is 0 Å². The lowest BCUT2D eigenvalue weighted by atomic mass is 10.3. The molecule has 0 unspecified atom stereocenters. The standard InChI is InChI=1S/C10H13N/c1-2-6-10(7-3-1)11-8-4-5-9-11/h1-3,6-7H,4-5,8-9H2/p+1. The normalized spacial score (nSPS) is 18.9. The molecule has 11 heavy (non-hydrogen) atoms. The van der Waals surface area contributed by atoms with E-state index >= 15 is 0 Å². The molecule has 1 fully saturated rings. The summed E-state index contributed by atoms with van der Waals surface area (Å²) in [4.78, 5) is 1.66. The van der Waals surface area contributed by atoms with E-state index in [1.54, 1.807) is 4.90 Å². The summed E-state index contributed by atoms with van der Waals surface area (Å²) in [5, 5.41) is 0. The summed E-state index contributed by atoms with van der Waals surface area (Å²) in [6, 6.07) is 10.8. The molecule has 0 bridgehead atoms. The first-order valence-electron chi connectivity index (χ1n) is 4.37. The van der Waals surface area contributed by atoms with Gasteiger partial charge in [0.15, 0.2) is 0 Å². The van der Waals surface area contributed by atoms with E-state index in [2.05, 4.69) is 30.3 Å². The summed E-state index contributed by atoms with van der Waals surface area (Å²) < 4.78 is 0. The van der Waals surface area contributed by atoms with E-state index in [9.17, 15) is 0 Å². The molecule has 0 spiro atoms. The molecule has 58 valence electrons. The topological polar surface area (TPSA) is 4.44 Å². The molecule has 1 aliphatic heterocycles. The number of quaternary nitrogens is 1. The fourth-order valence-electron chi connectivity index (χ4n) is 1.76. The number of para-hydroxylation sites is 1. The van der Waals surface area contributed by atoms with Crippen LogP contribution in [0.15, 0.2) is 30.3 Å². The van der Waals surface area contributed by atoms with Crippen LogP contribution in [0.1, 0.15) is 12.8 Å². The quantitative estimate of drug-likeness (QED) is 0.606. The number of hydrogen-bond donors (Lipinski definition) is 1. The fraction of sp³-hybridized carbons (Fsp3) is 0.400. The molecule has 0 radical (unpaired) electrons. The Labute approximate surface area is 67.6 Å². The van der Waals surface area contributed by atoms with Crippen LogP contribution in [0.5, 0.6) is 0 Å². The molecule has 0 saturated carbocycles. The second-order valence-electron chi connectivity index (χ2n) is 3.18. The number of rotatable bonds is 1. The molecular weight excluding hydrogens is 134 g/mol. The molecule has 1 heteroatoms. The van der Waals surface area contributed by atoms with Crippen molar-refractivity contribution in [1.82, 2.24) is 0 Å². The lowest BCUT2D eigenvalue weighted by Gasteiger charge is -2.09. The predicted octanol–water partition coefficient (Wildman–Crippen LogP) is 0.997. The summed E-state index contributed by atoms with van der Waals surface area (Å²) in [6.07, 6.45) is 2.79. The highest BCUT2D eigenvalue weighted by Gasteiger charge is 2.16. The van der Waals surface area contributed by atoms with Gasteiger partial charge in [-0.05, 0) is 12.1 Å². The average molecular weight is 148 g/mol. The molecule has 2 rings (SSSR count). The average Bonchev–Trinajstić information content (AvgIpc) is 2.58. The van der Waals surface area contributed by atoms with Crippen molar-refractivity contribution in [3.8, 4) is 0 Å². The van der Waals surface area contributed by atoms with Crippen LogP contribution >= 0.6 is 0 Å². The van der Waals surface area contributed by atoms with Gasteiger partial charge in [0.05, 0.1) is 13.1 Å². The molecule has 1 aromatic rings. The minimum atomic E-state index is 1.32. The van der Waals surface area contributed by atoms with Crippen LogP contribution in [0, 0.1) is 0 Å². The maximum atomic E-state index is 2.22. The van der Waals surface area contributed by atoms with E-state index in [0.29, 0.717) is 0 Å². The van der Waals surface area contributed by atoms with Crippen molar-refractivity contribution in [3.63, 3.8) is 0 Å². The van der Waals surface area contributed by atoms with Crippen molar-refractivity contribution >= 4 is 5.69 Å². The van der Waals surface area contributed by atoms with Gasteiger partial charge in [0, 0.05) is 12.8 Å². The van der Waals surface area contributed by atoms with Crippen molar-refractivity contribution in [3.05, 3.63) is 30.3 Å². The smallest absolute Gasteiger partial charge is 0.131 e. The van der Waals surface area contributed by atoms with Crippen molar-refractivity contribution in [1.29, 1.82) is 0 Å². The zero-order valence-corrected chi connectivity index (χ0v) is 6.72. The Morgan fingerprint density at radius 3 is 2.18 bits per heavy atom. The van der Waals surface area contributed by atoms with Gasteiger partial charge in [-0.25, -0.2) is 0 Å². The van der Waals surface area contributed by atoms with E-state index in [1.807, 2.05) is 0 Å². The molecular formula is C10H14N+. The largest absolute Gasteiger partial charge is 0.302 e. The van der Waals surface area contributed by atoms with Crippen molar-refractivity contribution < 1.29 is 4.90 Å². The first-order valence-corrected chi connectivity index (χ1v) is 4.37. The zero-order chi connectivity index (χ0) is 7.52. The van der Waals surface area contributed by atoms with Crippen molar-refractivity contribution in [2.24, 2.45) is 0 Å². The first kappa shape index (κ1) is 6.86. The maximum absolute atomic E-state index is 2.22. The van der Waals surface area contributed by atoms with Gasteiger partial charge in [0.25, 0.3) is 0 Å². The van der Waals surface area contributed by atoms with E-state index in [1.165, 1.54) is 31.6 Å². The van der Waals surface area contributed by atoms with Crippen LogP contribution in [-0.2, 0) is 0 Å². The summed E-state index contributed by atoms with van der Waals surface area (Å²) in [5.74, 6) is 0. The minimum Gasteiger partial charge on any atom is -0.302 e. The third-order valence-electron chi connectivity index (χ3n) is 2.39. The molecule has 0 amide bonds. The lowest BCUT2D eigenvalue weighted by molar-refractivity contribution is -0.818. The van der Waals surface area contributed by atoms with Gasteiger partial charge in [-0.1, -0.05) is 18.2 Å². The van der Waals surface area contributed by atoms with Crippen LogP contribution in [0.3, 0.4) is 0 Å². The molecule has 1 aliphatic rings. The van der Waals surface area contributed by atoms with Crippen molar-refractivity contribution in [2.75, 3.05) is 13.1 Å². The minimum absolute atomic E-state index is 1.32. The highest BCUT2D eigenvalue weighted by molar-refractivity contribution is 5.27. The Morgan fingerprint density at radius 1 is 0.909 bits per heavy atom. The summed E-state index contributed by atoms with van der Waals surface area (Å²) in [5.41, 5.74) is 1.46. The van der Waals surface area contributed by atoms with Crippen molar-refractivity contribution in [2.45, 2.75) is 12.8 Å². The highest BCUT2D eigenvalue weighted by Crippen LogP contribution is 2.01. The molecule has 1 saturated heterocycles. The van der Waals surface area contributed by atoms with Gasteiger partial charge in [-0.3, -0.25) is 0 Å². The van der Waals surface area contributed by atoms with Gasteiger partial charge in [0.1, 0.15) is 5.69 Å². The molecule has 1 N–H and O–H groups in total. The SMILES string of the molecule is c1ccc([NH+]2CCCC2)cc1. The Morgan fingerprint density at radius 2 is 1.55 bits per heavy atom. The third-order valence-corrected chi connectivity index (χ3v) is 2.39. The Kier molecular flexibility index (Phi) is 1.91. The second-order valence-corrected chi connectivity index (χ2v) is 3.18. The third kappa shape index (κ3) is 1.43. The fourth-order valence-corrected chi connectivity index (χ4v) is 1.76. The molecule has 1 aromatic carbocycles. The number of benzene rings is 1. The van der Waals surface area contributed by atoms with E-state index in [-0.39, 0.29) is 0 Å². The van der Waals surface area contributed by atoms with Crippen LogP contribution in [0.2, 0.25) is 0 Å². The van der Waals surface area contributed by atoms with Gasteiger partial charge in [-0.15, -0.1) is 0 Å². The highest BCUT2D eigenvalue weighted by atomic mass is 15.1. The number of hydrogen-bond acceptors (Lipinski definition) is 0. The maximum Gasteiger partial charge on any atom is 0.131 e. The Bertz CT molecular complexity index is 212. The molecule has 1 heterocycles. The first-order chi connectivity index (χ1) is 5.47. The zero-order valence-electron chi connectivity index (χ0n) is 6.72. The van der Waals surface area contributed by atoms with Crippen LogP contribution < -0.4 is 4.90 Å². The van der Waals surface area contributed by atoms with Crippen LogP contribution in [0.25, 0.3) is 0 Å². The van der Waals surface area contributed by atoms with Crippen LogP contribution in [-0.4, -0.2) is 13.1 Å². The number of nitrogens with one attached hydrogen (secondary N) is 1. The van der Waals surface area contributed by atoms with E-state index in [0.717, 1.165) is 0 Å². The van der Waals surface area contributed by atoms with Gasteiger partial charge in [0.2, 0.25) is 0 Å². The molecule has 1 nitrogen and oxygen atoms in total. The summed E-state index contributed by atoms with van der Waals surface area (Å²) in [7, 11) is 0. The van der Waals surface area contributed by atoms with Gasteiger partial charge in [-0.2, -0.15) is 0 Å². The molecule has 0 atom stereocenters. The Balaban J connectivity index is 2.16. The predicted molar refractivity (Wildman–Crippen MR) is 46.0 cm³/mol. The Hall–Kier alpha value is -0.820. The van der Waals surface area contributed by atoms with E-state index < -0.39 is 0 Å². The molecule has 0 aromatic heterocycles. The second kappa shape index (κ2) is 3.05. The lowest BCUT2D eigenvalue weighted by Crippen LogP contribution is -3.04. The van der Waals surface area contributed by atoms with E-state index in [4.69, 9.17) is 0 Å². The van der Waals surface area contributed by atoms with Gasteiger partial charge < -0.3 is 4.90 Å². The monoisotopic (exact) mass is 148 g/mol. The molecule has 0 aliphatic carbocycles. The summed E-state index contributed by atoms with van der Waals surface area (Å²) >= 11 is 0. The summed E-state index contributed by atoms with van der Waals surface area (Å²) in [6.45, 7) is 2.65. The van der Waals surface area contributed by atoms with Crippen LogP contribution in [0.4, 0.5) is 5.69 Å².